The normalized spacial score (nSPS) is 9.82. The highest BCUT2D eigenvalue weighted by atomic mass is 14.0. The van der Waals surface area contributed by atoms with E-state index in [9.17, 15) is 0 Å². The third kappa shape index (κ3) is 25.6. The molecule has 0 saturated carbocycles. The smallest absolute Gasteiger partial charge is 0.0469 e. The van der Waals surface area contributed by atoms with Gasteiger partial charge in [0, 0.05) is 0 Å². The average Bonchev–Trinajstić information content (AvgIpc) is 1.85. The van der Waals surface area contributed by atoms with Crippen molar-refractivity contribution in [2.75, 3.05) is 0 Å². The van der Waals surface area contributed by atoms with Crippen LogP contribution in [0.1, 0.15) is 60.8 Å². The topological polar surface area (TPSA) is 0 Å². The van der Waals surface area contributed by atoms with Gasteiger partial charge in [0.1, 0.15) is 0 Å². The van der Waals surface area contributed by atoms with Crippen LogP contribution < -0.4 is 0 Å². The molecule has 0 aliphatic heterocycles. The molecule has 70 valence electrons. The maximum atomic E-state index is 2.26. The largest absolute Gasteiger partial charge is 0.0654 e. The summed E-state index contributed by atoms with van der Waals surface area (Å²) < 4.78 is 0. The minimum Gasteiger partial charge on any atom is -0.0654 e. The Balaban J connectivity index is 0. The first-order chi connectivity index (χ1) is 5.04. The van der Waals surface area contributed by atoms with Crippen LogP contribution in [0.15, 0.2) is 0 Å². The van der Waals surface area contributed by atoms with Crippen molar-refractivity contribution in [3.05, 3.63) is 0 Å². The van der Waals surface area contributed by atoms with Crippen molar-refractivity contribution in [2.24, 2.45) is 11.8 Å². The Kier molecular flexibility index (Phi) is 12.3. The van der Waals surface area contributed by atoms with E-state index in [1.807, 2.05) is 0 Å². The zero-order chi connectivity index (χ0) is 9.28. The van der Waals surface area contributed by atoms with Gasteiger partial charge < -0.3 is 0 Å². The molecule has 0 unspecified atom stereocenters. The fraction of sp³-hybridized carbons (Fsp3) is 1.00. The third-order valence-electron chi connectivity index (χ3n) is 1.44. The minimum atomic E-state index is 0.875. The molecule has 0 N–H and O–H groups in total. The molecule has 0 aliphatic rings. The lowest BCUT2D eigenvalue weighted by Gasteiger charge is -2.05. The van der Waals surface area contributed by atoms with Crippen molar-refractivity contribution in [3.63, 3.8) is 0 Å². The average molecular weight is 158 g/mol. The third-order valence-corrected chi connectivity index (χ3v) is 1.44. The Hall–Kier alpha value is 0. The van der Waals surface area contributed by atoms with Crippen molar-refractivity contribution in [1.82, 2.24) is 0 Å². The highest BCUT2D eigenvalue weighted by Crippen LogP contribution is 2.08. The summed E-state index contributed by atoms with van der Waals surface area (Å²) in [7, 11) is 0. The molecule has 11 heavy (non-hydrogen) atoms. The predicted molar refractivity (Wildman–Crippen MR) is 54.9 cm³/mol. The Labute approximate surface area is 73.4 Å². The molecule has 0 nitrogen and oxygen atoms in total. The van der Waals surface area contributed by atoms with Gasteiger partial charge in [0.15, 0.2) is 0 Å². The van der Waals surface area contributed by atoms with E-state index in [1.54, 1.807) is 0 Å². The fourth-order valence-corrected chi connectivity index (χ4v) is 0.943. The fourth-order valence-electron chi connectivity index (χ4n) is 0.943. The van der Waals surface area contributed by atoms with Gasteiger partial charge in [-0.1, -0.05) is 54.4 Å². The molecule has 0 rings (SSSR count). The van der Waals surface area contributed by atoms with E-state index >= 15 is 0 Å². The highest BCUT2D eigenvalue weighted by Gasteiger charge is 1.95. The number of rotatable bonds is 3. The maximum absolute atomic E-state index is 2.26. The van der Waals surface area contributed by atoms with Gasteiger partial charge in [0.2, 0.25) is 0 Å². The van der Waals surface area contributed by atoms with Gasteiger partial charge in [-0.05, 0) is 18.3 Å². The molecule has 0 atom stereocenters. The first-order valence-electron chi connectivity index (χ1n) is 5.04. The first-order valence-corrected chi connectivity index (χ1v) is 5.04. The second-order valence-corrected chi connectivity index (χ2v) is 4.02. The van der Waals surface area contributed by atoms with Gasteiger partial charge in [-0.25, -0.2) is 0 Å². The molecule has 0 aromatic heterocycles. The second-order valence-electron chi connectivity index (χ2n) is 4.02. The van der Waals surface area contributed by atoms with Crippen LogP contribution in [0.25, 0.3) is 0 Å². The molecule has 0 spiro atoms. The standard InChI is InChI=1S/C7H16.C4H10/c1-6(2)5-7(3)4;1-3-4-2/h6-7H,5H2,1-4H3;3-4H2,1-2H3. The van der Waals surface area contributed by atoms with Gasteiger partial charge in [-0.15, -0.1) is 0 Å². The van der Waals surface area contributed by atoms with Crippen LogP contribution in [0.4, 0.5) is 0 Å². The second kappa shape index (κ2) is 10.0. The van der Waals surface area contributed by atoms with E-state index in [1.165, 1.54) is 19.3 Å². The van der Waals surface area contributed by atoms with Gasteiger partial charge in [-0.3, -0.25) is 0 Å². The summed E-state index contributed by atoms with van der Waals surface area (Å²) in [6.45, 7) is 13.4. The quantitative estimate of drug-likeness (QED) is 0.567. The van der Waals surface area contributed by atoms with E-state index in [-0.39, 0.29) is 0 Å². The summed E-state index contributed by atoms with van der Waals surface area (Å²) >= 11 is 0. The van der Waals surface area contributed by atoms with Gasteiger partial charge >= 0.3 is 0 Å². The van der Waals surface area contributed by atoms with E-state index in [0.717, 1.165) is 11.8 Å². The molecule has 0 heterocycles. The summed E-state index contributed by atoms with van der Waals surface area (Å²) in [5, 5.41) is 0. The zero-order valence-corrected chi connectivity index (χ0v) is 9.28. The van der Waals surface area contributed by atoms with Crippen molar-refractivity contribution in [3.8, 4) is 0 Å². The summed E-state index contributed by atoms with van der Waals surface area (Å²) in [4.78, 5) is 0. The molecule has 0 saturated heterocycles. The molecule has 0 heteroatoms. The molecule has 0 bridgehead atoms. The Morgan fingerprint density at radius 2 is 1.00 bits per heavy atom. The zero-order valence-electron chi connectivity index (χ0n) is 9.28. The molecular weight excluding hydrogens is 132 g/mol. The maximum Gasteiger partial charge on any atom is -0.0469 e. The summed E-state index contributed by atoms with van der Waals surface area (Å²) in [6, 6.07) is 0. The van der Waals surface area contributed by atoms with Gasteiger partial charge in [0.25, 0.3) is 0 Å². The first kappa shape index (κ1) is 13.6. The molecular formula is C11H26. The van der Waals surface area contributed by atoms with Crippen LogP contribution in [0.5, 0.6) is 0 Å². The minimum absolute atomic E-state index is 0.875. The summed E-state index contributed by atoms with van der Waals surface area (Å²) in [5.41, 5.74) is 0. The molecule has 0 radical (unpaired) electrons. The van der Waals surface area contributed by atoms with Gasteiger partial charge in [-0.2, -0.15) is 0 Å². The highest BCUT2D eigenvalue weighted by molar-refractivity contribution is 4.47. The SMILES string of the molecule is CC(C)CC(C)C.CCCC. The lowest BCUT2D eigenvalue weighted by molar-refractivity contribution is 0.469. The van der Waals surface area contributed by atoms with E-state index in [2.05, 4.69) is 41.5 Å². The van der Waals surface area contributed by atoms with Gasteiger partial charge in [0.05, 0.1) is 0 Å². The number of hydrogen-bond acceptors (Lipinski definition) is 0. The van der Waals surface area contributed by atoms with Crippen LogP contribution in [0.2, 0.25) is 0 Å². The Morgan fingerprint density at radius 3 is 1.00 bits per heavy atom. The monoisotopic (exact) mass is 158 g/mol. The Bertz CT molecular complexity index is 45.1. The van der Waals surface area contributed by atoms with Crippen molar-refractivity contribution in [2.45, 2.75) is 60.8 Å². The van der Waals surface area contributed by atoms with Crippen LogP contribution in [-0.2, 0) is 0 Å². The molecule has 0 aromatic rings. The van der Waals surface area contributed by atoms with Crippen LogP contribution >= 0.6 is 0 Å². The van der Waals surface area contributed by atoms with Crippen LogP contribution in [0.3, 0.4) is 0 Å². The molecule has 0 fully saturated rings. The van der Waals surface area contributed by atoms with Crippen molar-refractivity contribution in [1.29, 1.82) is 0 Å². The van der Waals surface area contributed by atoms with Crippen molar-refractivity contribution >= 4 is 0 Å². The molecule has 0 aliphatic carbocycles. The van der Waals surface area contributed by atoms with E-state index < -0.39 is 0 Å². The van der Waals surface area contributed by atoms with Crippen LogP contribution in [0, 0.1) is 11.8 Å². The van der Waals surface area contributed by atoms with Crippen molar-refractivity contribution < 1.29 is 0 Å². The molecule has 0 aromatic carbocycles. The van der Waals surface area contributed by atoms with E-state index in [0.29, 0.717) is 0 Å². The summed E-state index contributed by atoms with van der Waals surface area (Å²) in [6.07, 6.45) is 4.00. The lowest BCUT2D eigenvalue weighted by Crippen LogP contribution is -1.93. The van der Waals surface area contributed by atoms with Crippen LogP contribution in [-0.4, -0.2) is 0 Å². The predicted octanol–water partition coefficient (Wildman–Crippen LogP) is 4.49. The Morgan fingerprint density at radius 1 is 0.727 bits per heavy atom. The number of hydrogen-bond donors (Lipinski definition) is 0. The summed E-state index contributed by atoms with van der Waals surface area (Å²) in [5.74, 6) is 1.75. The lowest BCUT2D eigenvalue weighted by atomic mass is 10.0. The van der Waals surface area contributed by atoms with E-state index in [4.69, 9.17) is 0 Å². The molecule has 0 amide bonds. The number of unbranched alkanes of at least 4 members (excludes halogenated alkanes) is 1.